The number of rotatable bonds is 5. The molecule has 0 amide bonds. The molecule has 11 heteroatoms. The van der Waals surface area contributed by atoms with E-state index in [0.717, 1.165) is 0 Å². The number of carbonyl (C=O) groups is 3. The fourth-order valence-corrected chi connectivity index (χ4v) is 1.93. The highest BCUT2D eigenvalue weighted by Gasteiger charge is 2.45. The maximum absolute atomic E-state index is 11.9. The van der Waals surface area contributed by atoms with Crippen LogP contribution in [0.1, 0.15) is 0 Å². The van der Waals surface area contributed by atoms with Crippen LogP contribution in [0.5, 0.6) is 0 Å². The van der Waals surface area contributed by atoms with E-state index in [1.54, 1.807) is 0 Å². The molecule has 0 aromatic carbocycles. The molecule has 0 saturated carbocycles. The summed E-state index contributed by atoms with van der Waals surface area (Å²) in [5, 5.41) is 48.1. The summed E-state index contributed by atoms with van der Waals surface area (Å²) in [6, 6.07) is 0. The van der Waals surface area contributed by atoms with Crippen molar-refractivity contribution in [3.63, 3.8) is 0 Å². The van der Waals surface area contributed by atoms with Crippen molar-refractivity contribution < 1.29 is 49.4 Å². The average Bonchev–Trinajstić information content (AvgIpc) is 2.97. The third-order valence-corrected chi connectivity index (χ3v) is 3.13. The molecule has 4 atom stereocenters. The molecule has 2 rings (SSSR count). The van der Waals surface area contributed by atoms with Gasteiger partial charge >= 0.3 is 11.9 Å². The number of aliphatic hydroxyl groups is 4. The lowest BCUT2D eigenvalue weighted by atomic mass is 10.1. The van der Waals surface area contributed by atoms with Crippen molar-refractivity contribution in [1.82, 2.24) is 0 Å². The smallest absolute Gasteiger partial charge is 0.361 e. The summed E-state index contributed by atoms with van der Waals surface area (Å²) in [5.41, 5.74) is -1.83. The third kappa shape index (κ3) is 2.94. The molecule has 2 heterocycles. The van der Waals surface area contributed by atoms with Crippen LogP contribution in [0.2, 0.25) is 0 Å². The molecule has 1 fully saturated rings. The molecule has 23 heavy (non-hydrogen) atoms. The highest BCUT2D eigenvalue weighted by atomic mass is 16.6. The summed E-state index contributed by atoms with van der Waals surface area (Å²) < 4.78 is 9.04. The Balaban J connectivity index is 2.34. The highest BCUT2D eigenvalue weighted by molar-refractivity contribution is 6.68. The molecule has 0 aliphatic carbocycles. The number of esters is 2. The van der Waals surface area contributed by atoms with Gasteiger partial charge in [0.1, 0.15) is 24.0 Å². The number of Topliss-reactive ketones (excluding diaryl/α,β-unsaturated/α-hetero) is 1. The van der Waals surface area contributed by atoms with Gasteiger partial charge in [0.15, 0.2) is 11.8 Å². The van der Waals surface area contributed by atoms with E-state index in [2.05, 4.69) is 14.5 Å². The molecule has 0 bridgehead atoms. The Bertz CT molecular complexity index is 609. The minimum absolute atomic E-state index is 0.862. The Kier molecular flexibility index (Phi) is 4.75. The number of ether oxygens (including phenoxy) is 2. The van der Waals surface area contributed by atoms with Crippen molar-refractivity contribution in [3.8, 4) is 0 Å². The number of aliphatic hydroxyl groups excluding tert-OH is 4. The molecule has 1 saturated heterocycles. The molecule has 0 radical (unpaired) electrons. The van der Waals surface area contributed by atoms with Gasteiger partial charge in [-0.3, -0.25) is 4.79 Å². The van der Waals surface area contributed by atoms with E-state index in [1.807, 2.05) is 0 Å². The number of carbonyl (C=O) groups excluding carboxylic acids is 3. The second-order valence-electron chi connectivity index (χ2n) is 4.69. The summed E-state index contributed by atoms with van der Waals surface area (Å²) in [5.74, 6) is -4.80. The minimum atomic E-state index is -1.70. The number of aliphatic imine (C=N–C) groups is 1. The lowest BCUT2D eigenvalue weighted by Gasteiger charge is -2.20. The van der Waals surface area contributed by atoms with Crippen LogP contribution in [0.4, 0.5) is 0 Å². The normalized spacial score (nSPS) is 29.0. The maximum atomic E-state index is 11.9. The number of hydrogen-bond donors (Lipinski definition) is 4. The van der Waals surface area contributed by atoms with Crippen molar-refractivity contribution >= 4 is 23.4 Å². The summed E-state index contributed by atoms with van der Waals surface area (Å²) in [6.07, 6.45) is -6.75. The van der Waals surface area contributed by atoms with Gasteiger partial charge in [-0.25, -0.2) is 14.6 Å². The van der Waals surface area contributed by atoms with E-state index < -0.39 is 72.5 Å². The van der Waals surface area contributed by atoms with Crippen LogP contribution in [0.15, 0.2) is 16.4 Å². The first-order valence-corrected chi connectivity index (χ1v) is 6.35. The SMILES string of the molecule is O=C1OC(C(O)CO)C(=O)C1=NC1=C([O-])C(C(O)CO)OC1=O. The lowest BCUT2D eigenvalue weighted by Crippen LogP contribution is -2.35. The van der Waals surface area contributed by atoms with E-state index in [4.69, 9.17) is 10.2 Å². The first-order valence-electron chi connectivity index (χ1n) is 6.35. The molecule has 4 unspecified atom stereocenters. The predicted octanol–water partition coefficient (Wildman–Crippen LogP) is -4.87. The molecule has 0 aromatic heterocycles. The average molecular weight is 330 g/mol. The number of nitrogens with zero attached hydrogens (tertiary/aromatic N) is 1. The quantitative estimate of drug-likeness (QED) is 0.356. The van der Waals surface area contributed by atoms with Crippen molar-refractivity contribution in [2.75, 3.05) is 13.2 Å². The largest absolute Gasteiger partial charge is 0.871 e. The van der Waals surface area contributed by atoms with E-state index in [1.165, 1.54) is 0 Å². The van der Waals surface area contributed by atoms with Crippen molar-refractivity contribution in [3.05, 3.63) is 11.5 Å². The first-order chi connectivity index (χ1) is 10.8. The van der Waals surface area contributed by atoms with Gasteiger partial charge in [0.25, 0.3) is 0 Å². The standard InChI is InChI=1S/C12H13NO10/c14-1-3(16)9-7(18)5(11(20)22-9)13-6-8(19)10(4(17)2-15)23-12(6)21/h3-4,9-10,14-18H,1-2H2/p-1. The van der Waals surface area contributed by atoms with Gasteiger partial charge in [-0.1, -0.05) is 5.76 Å². The molecule has 2 aliphatic heterocycles. The van der Waals surface area contributed by atoms with Crippen LogP contribution in [-0.2, 0) is 23.9 Å². The Hall–Kier alpha value is -2.34. The zero-order valence-electron chi connectivity index (χ0n) is 11.4. The monoisotopic (exact) mass is 330 g/mol. The zero-order chi connectivity index (χ0) is 17.3. The Morgan fingerprint density at radius 1 is 1.00 bits per heavy atom. The summed E-state index contributed by atoms with van der Waals surface area (Å²) in [6.45, 7) is -1.72. The lowest BCUT2D eigenvalue weighted by molar-refractivity contribution is -0.322. The summed E-state index contributed by atoms with van der Waals surface area (Å²) >= 11 is 0. The highest BCUT2D eigenvalue weighted by Crippen LogP contribution is 2.24. The third-order valence-electron chi connectivity index (χ3n) is 3.13. The topological polar surface area (TPSA) is 186 Å². The van der Waals surface area contributed by atoms with E-state index in [0.29, 0.717) is 0 Å². The van der Waals surface area contributed by atoms with Gasteiger partial charge in [0.2, 0.25) is 5.78 Å². The van der Waals surface area contributed by atoms with Gasteiger partial charge in [0.05, 0.1) is 13.2 Å². The fraction of sp³-hybridized carbons (Fsp3) is 0.500. The van der Waals surface area contributed by atoms with E-state index in [9.17, 15) is 29.7 Å². The van der Waals surface area contributed by atoms with Crippen LogP contribution in [0, 0.1) is 0 Å². The van der Waals surface area contributed by atoms with Gasteiger partial charge in [-0.2, -0.15) is 0 Å². The van der Waals surface area contributed by atoms with Crippen LogP contribution in [0.25, 0.3) is 0 Å². The molecule has 4 N–H and O–H groups in total. The molecule has 2 aliphatic rings. The Morgan fingerprint density at radius 3 is 2.09 bits per heavy atom. The minimum Gasteiger partial charge on any atom is -0.871 e. The van der Waals surface area contributed by atoms with Crippen LogP contribution in [-0.4, -0.2) is 81.5 Å². The summed E-state index contributed by atoms with van der Waals surface area (Å²) in [4.78, 5) is 38.3. The molecule has 11 nitrogen and oxygen atoms in total. The van der Waals surface area contributed by atoms with Crippen molar-refractivity contribution in [1.29, 1.82) is 0 Å². The van der Waals surface area contributed by atoms with E-state index >= 15 is 0 Å². The van der Waals surface area contributed by atoms with Gasteiger partial charge < -0.3 is 35.0 Å². The van der Waals surface area contributed by atoms with Crippen molar-refractivity contribution in [2.45, 2.75) is 24.4 Å². The number of cyclic esters (lactones) is 2. The summed E-state index contributed by atoms with van der Waals surface area (Å²) in [7, 11) is 0. The molecule has 0 spiro atoms. The zero-order valence-corrected chi connectivity index (χ0v) is 11.4. The molecule has 0 aromatic rings. The maximum Gasteiger partial charge on any atom is 0.361 e. The fourth-order valence-electron chi connectivity index (χ4n) is 1.93. The van der Waals surface area contributed by atoms with Crippen LogP contribution < -0.4 is 5.11 Å². The van der Waals surface area contributed by atoms with Crippen LogP contribution in [0.3, 0.4) is 0 Å². The predicted molar refractivity (Wildman–Crippen MR) is 65.4 cm³/mol. The Labute approximate surface area is 128 Å². The molecule has 126 valence electrons. The molecular weight excluding hydrogens is 318 g/mol. The molecular formula is C12H12NO10-. The van der Waals surface area contributed by atoms with E-state index in [-0.39, 0.29) is 0 Å². The van der Waals surface area contributed by atoms with Gasteiger partial charge in [0, 0.05) is 0 Å². The number of ketones is 1. The van der Waals surface area contributed by atoms with Crippen LogP contribution >= 0.6 is 0 Å². The van der Waals surface area contributed by atoms with Crippen molar-refractivity contribution in [2.24, 2.45) is 4.99 Å². The second-order valence-corrected chi connectivity index (χ2v) is 4.69. The second kappa shape index (κ2) is 6.42. The van der Waals surface area contributed by atoms with Gasteiger partial charge in [-0.15, -0.1) is 0 Å². The van der Waals surface area contributed by atoms with Gasteiger partial charge in [-0.05, 0) is 0 Å². The number of hydrogen-bond acceptors (Lipinski definition) is 11. The first kappa shape index (κ1) is 17.0. The Morgan fingerprint density at radius 2 is 1.52 bits per heavy atom.